The van der Waals surface area contributed by atoms with Gasteiger partial charge in [0.05, 0.1) is 5.69 Å². The Morgan fingerprint density at radius 1 is 0.484 bits per heavy atom. The van der Waals surface area contributed by atoms with Gasteiger partial charge < -0.3 is 14.2 Å². The molecule has 11 rings (SSSR count). The van der Waals surface area contributed by atoms with Crippen LogP contribution >= 0.6 is 0 Å². The summed E-state index contributed by atoms with van der Waals surface area (Å²) in [7, 11) is 0. The van der Waals surface area contributed by atoms with Crippen molar-refractivity contribution < 1.29 is 4.42 Å². The normalized spacial score (nSPS) is 14.9. The number of nitrogens with zero attached hydrogens (tertiary/aromatic N) is 2. The lowest BCUT2D eigenvalue weighted by molar-refractivity contribution is 0.670. The average Bonchev–Trinajstić information content (AvgIpc) is 3.75. The smallest absolute Gasteiger partial charge is 0.143 e. The van der Waals surface area contributed by atoms with Gasteiger partial charge >= 0.3 is 0 Å². The molecular formula is C59H44N2O. The van der Waals surface area contributed by atoms with Gasteiger partial charge in [-0.2, -0.15) is 0 Å². The molecule has 1 aliphatic heterocycles. The van der Waals surface area contributed by atoms with Crippen molar-refractivity contribution in [3.05, 3.63) is 236 Å². The number of benzene rings is 9. The zero-order valence-corrected chi connectivity index (χ0v) is 34.5. The summed E-state index contributed by atoms with van der Waals surface area (Å²) in [6.07, 6.45) is 8.87. The van der Waals surface area contributed by atoms with Crippen molar-refractivity contribution in [2.24, 2.45) is 0 Å². The fraction of sp³-hybridized carbons (Fsp3) is 0.0508. The van der Waals surface area contributed by atoms with Crippen LogP contribution in [0.1, 0.15) is 18.4 Å². The van der Waals surface area contributed by atoms with Crippen molar-refractivity contribution in [3.8, 4) is 33.4 Å². The van der Waals surface area contributed by atoms with Crippen molar-refractivity contribution in [1.29, 1.82) is 0 Å². The van der Waals surface area contributed by atoms with Gasteiger partial charge in [0.2, 0.25) is 0 Å². The largest absolute Gasteiger partial charge is 0.455 e. The molecule has 0 fully saturated rings. The van der Waals surface area contributed by atoms with Crippen molar-refractivity contribution in [3.63, 3.8) is 0 Å². The van der Waals surface area contributed by atoms with Gasteiger partial charge in [0.15, 0.2) is 0 Å². The zero-order valence-electron chi connectivity index (χ0n) is 34.5. The second-order valence-corrected chi connectivity index (χ2v) is 16.1. The molecule has 0 spiro atoms. The molecule has 296 valence electrons. The van der Waals surface area contributed by atoms with E-state index in [9.17, 15) is 0 Å². The SMILES string of the molecule is CC1/C=C\C=C/CN(c2ccccc2-c2ccc(-c3cccc(N(c4ccc(-c5cccc6c5oc5ccccc56)cc4)c4cccc5ccccc45)c3)cc2)c2ccccc21. The van der Waals surface area contributed by atoms with E-state index in [-0.39, 0.29) is 0 Å². The van der Waals surface area contributed by atoms with Crippen LogP contribution in [-0.2, 0) is 0 Å². The highest BCUT2D eigenvalue weighted by atomic mass is 16.3. The minimum Gasteiger partial charge on any atom is -0.455 e. The molecule has 3 nitrogen and oxygen atoms in total. The van der Waals surface area contributed by atoms with E-state index in [2.05, 4.69) is 235 Å². The molecule has 1 aliphatic rings. The minimum atomic E-state index is 0.304. The molecule has 1 aromatic heterocycles. The fourth-order valence-electron chi connectivity index (χ4n) is 9.24. The summed E-state index contributed by atoms with van der Waals surface area (Å²) in [6, 6.07) is 74.4. The first-order valence-corrected chi connectivity index (χ1v) is 21.5. The van der Waals surface area contributed by atoms with Crippen LogP contribution in [0.5, 0.6) is 0 Å². The van der Waals surface area contributed by atoms with Crippen LogP contribution in [0.2, 0.25) is 0 Å². The zero-order chi connectivity index (χ0) is 41.4. The van der Waals surface area contributed by atoms with Crippen LogP contribution in [0.25, 0.3) is 66.1 Å². The van der Waals surface area contributed by atoms with Gasteiger partial charge in [-0.25, -0.2) is 0 Å². The molecule has 0 bridgehead atoms. The maximum Gasteiger partial charge on any atom is 0.143 e. The first-order chi connectivity index (χ1) is 30.7. The standard InChI is InChI=1S/C59H44N2O/c1-41-16-3-2-12-39-60(55-27-9-6-21-49(41)55)56-28-10-7-22-50(56)44-33-31-42(32-34-44)46-19-13-20-48(40-46)61(57-29-14-18-43-17-4-5-23-51(43)57)47-37-35-45(36-38-47)52-25-15-26-54-53-24-8-11-30-58(53)62-59(52)54/h2-38,40-41H,39H2,1H3/b12-2-,16-3-. The quantitative estimate of drug-likeness (QED) is 0.160. The molecule has 9 aromatic carbocycles. The molecule has 0 radical (unpaired) electrons. The number of para-hydroxylation sites is 4. The monoisotopic (exact) mass is 796 g/mol. The summed E-state index contributed by atoms with van der Waals surface area (Å²) in [5.74, 6) is 0.304. The van der Waals surface area contributed by atoms with Gasteiger partial charge in [-0.15, -0.1) is 0 Å². The van der Waals surface area contributed by atoms with E-state index in [4.69, 9.17) is 4.42 Å². The lowest BCUT2D eigenvalue weighted by atomic mass is 9.96. The van der Waals surface area contributed by atoms with Crippen molar-refractivity contribution in [1.82, 2.24) is 0 Å². The van der Waals surface area contributed by atoms with E-state index in [0.29, 0.717) is 5.92 Å². The average molecular weight is 797 g/mol. The number of anilines is 5. The Bertz CT molecular complexity index is 3290. The highest BCUT2D eigenvalue weighted by Gasteiger charge is 2.20. The van der Waals surface area contributed by atoms with Gasteiger partial charge in [0.25, 0.3) is 0 Å². The van der Waals surface area contributed by atoms with Gasteiger partial charge in [0.1, 0.15) is 11.2 Å². The van der Waals surface area contributed by atoms with Gasteiger partial charge in [-0.3, -0.25) is 0 Å². The summed E-state index contributed by atoms with van der Waals surface area (Å²) >= 11 is 0. The van der Waals surface area contributed by atoms with Crippen LogP contribution in [0.3, 0.4) is 0 Å². The molecule has 62 heavy (non-hydrogen) atoms. The lowest BCUT2D eigenvalue weighted by Gasteiger charge is -2.29. The third-order valence-electron chi connectivity index (χ3n) is 12.3. The molecule has 0 aliphatic carbocycles. The summed E-state index contributed by atoms with van der Waals surface area (Å²) in [6.45, 7) is 3.05. The van der Waals surface area contributed by atoms with E-state index in [1.807, 2.05) is 12.1 Å². The molecule has 1 unspecified atom stereocenters. The van der Waals surface area contributed by atoms with E-state index in [0.717, 1.165) is 67.8 Å². The van der Waals surface area contributed by atoms with Crippen LogP contribution in [-0.4, -0.2) is 6.54 Å². The topological polar surface area (TPSA) is 19.6 Å². The van der Waals surface area contributed by atoms with Gasteiger partial charge in [-0.1, -0.05) is 189 Å². The molecule has 0 amide bonds. The van der Waals surface area contributed by atoms with Crippen molar-refractivity contribution in [2.45, 2.75) is 12.8 Å². The van der Waals surface area contributed by atoms with Crippen LogP contribution in [0.15, 0.2) is 235 Å². The maximum absolute atomic E-state index is 6.44. The molecule has 10 aromatic rings. The third kappa shape index (κ3) is 6.74. The van der Waals surface area contributed by atoms with Crippen molar-refractivity contribution in [2.75, 3.05) is 16.3 Å². The van der Waals surface area contributed by atoms with E-state index >= 15 is 0 Å². The molecular weight excluding hydrogens is 753 g/mol. The Labute approximate surface area is 362 Å². The minimum absolute atomic E-state index is 0.304. The number of hydrogen-bond donors (Lipinski definition) is 0. The number of rotatable bonds is 7. The summed E-state index contributed by atoms with van der Waals surface area (Å²) in [5.41, 5.74) is 15.8. The van der Waals surface area contributed by atoms with Crippen molar-refractivity contribution >= 4 is 61.1 Å². The Balaban J connectivity index is 0.962. The first-order valence-electron chi connectivity index (χ1n) is 21.5. The summed E-state index contributed by atoms with van der Waals surface area (Å²) in [4.78, 5) is 4.84. The second-order valence-electron chi connectivity index (χ2n) is 16.1. The number of hydrogen-bond acceptors (Lipinski definition) is 3. The number of furan rings is 1. The molecule has 0 N–H and O–H groups in total. The fourth-order valence-corrected chi connectivity index (χ4v) is 9.24. The highest BCUT2D eigenvalue weighted by Crippen LogP contribution is 2.43. The van der Waals surface area contributed by atoms with Crippen LogP contribution in [0.4, 0.5) is 28.4 Å². The lowest BCUT2D eigenvalue weighted by Crippen LogP contribution is -2.19. The maximum atomic E-state index is 6.44. The van der Waals surface area contributed by atoms with E-state index in [1.165, 1.54) is 38.8 Å². The summed E-state index contributed by atoms with van der Waals surface area (Å²) < 4.78 is 6.44. The molecule has 1 atom stereocenters. The molecule has 0 saturated heterocycles. The third-order valence-corrected chi connectivity index (χ3v) is 12.3. The predicted octanol–water partition coefficient (Wildman–Crippen LogP) is 16.6. The number of allylic oxidation sites excluding steroid dienone is 3. The van der Waals surface area contributed by atoms with Gasteiger partial charge in [0, 0.05) is 62.5 Å². The second kappa shape index (κ2) is 15.9. The van der Waals surface area contributed by atoms with Crippen LogP contribution < -0.4 is 9.80 Å². The Morgan fingerprint density at radius 3 is 2.02 bits per heavy atom. The first kappa shape index (κ1) is 37.1. The summed E-state index contributed by atoms with van der Waals surface area (Å²) in [5, 5.41) is 4.66. The Morgan fingerprint density at radius 2 is 1.13 bits per heavy atom. The predicted molar refractivity (Wildman–Crippen MR) is 262 cm³/mol. The van der Waals surface area contributed by atoms with Crippen LogP contribution in [0, 0.1) is 0 Å². The Kier molecular flexibility index (Phi) is 9.55. The Hall–Kier alpha value is -7.88. The van der Waals surface area contributed by atoms with E-state index < -0.39 is 0 Å². The highest BCUT2D eigenvalue weighted by molar-refractivity contribution is 6.09. The molecule has 2 heterocycles. The number of fused-ring (bicyclic) bond motifs is 5. The van der Waals surface area contributed by atoms with Gasteiger partial charge in [-0.05, 0) is 81.7 Å². The van der Waals surface area contributed by atoms with E-state index in [1.54, 1.807) is 0 Å². The molecule has 3 heteroatoms. The molecule has 0 saturated carbocycles.